The number of carbonyl (C=O) groups is 1. The molecule has 0 aliphatic carbocycles. The second-order valence-corrected chi connectivity index (χ2v) is 2.90. The van der Waals surface area contributed by atoms with Crippen molar-refractivity contribution >= 4 is 12.0 Å². The molecule has 6 nitrogen and oxygen atoms in total. The van der Waals surface area contributed by atoms with Gasteiger partial charge < -0.3 is 14.2 Å². The van der Waals surface area contributed by atoms with Crippen LogP contribution in [0.4, 0.5) is 0 Å². The van der Waals surface area contributed by atoms with Crippen molar-refractivity contribution in [2.45, 2.75) is 6.92 Å². The fourth-order valence-corrected chi connectivity index (χ4v) is 1.03. The summed E-state index contributed by atoms with van der Waals surface area (Å²) >= 11 is 0. The molecule has 0 amide bonds. The summed E-state index contributed by atoms with van der Waals surface area (Å²) in [6, 6.07) is 1.57. The second kappa shape index (κ2) is 6.47. The molecule has 0 unspecified atom stereocenters. The van der Waals surface area contributed by atoms with Gasteiger partial charge >= 0.3 is 5.97 Å². The number of methoxy groups -OCH3 is 2. The highest BCUT2D eigenvalue weighted by Gasteiger charge is 2.04. The molecule has 0 bridgehead atoms. The van der Waals surface area contributed by atoms with Gasteiger partial charge in [-0.15, -0.1) is 0 Å². The summed E-state index contributed by atoms with van der Waals surface area (Å²) in [5.41, 5.74) is 0. The third kappa shape index (κ3) is 4.10. The lowest BCUT2D eigenvalue weighted by atomic mass is 10.4. The van der Waals surface area contributed by atoms with Crippen LogP contribution in [-0.4, -0.2) is 36.8 Å². The predicted molar refractivity (Wildman–Crippen MR) is 60.8 cm³/mol. The standard InChI is InChI=1S/C11H14N2O4/c1-4-17-10-7-9(15-2)12-8(13-10)5-6-11(14)16-3/h5-7H,4H2,1-3H3/b6-5+. The van der Waals surface area contributed by atoms with E-state index in [0.717, 1.165) is 0 Å². The van der Waals surface area contributed by atoms with Crippen molar-refractivity contribution in [2.24, 2.45) is 0 Å². The number of esters is 1. The summed E-state index contributed by atoms with van der Waals surface area (Å²) < 4.78 is 14.7. The molecule has 1 aromatic rings. The normalized spacial score (nSPS) is 10.3. The number of hydrogen-bond acceptors (Lipinski definition) is 6. The molecule has 1 heterocycles. The average Bonchev–Trinajstić information content (AvgIpc) is 2.36. The molecular weight excluding hydrogens is 224 g/mol. The zero-order valence-electron chi connectivity index (χ0n) is 9.97. The van der Waals surface area contributed by atoms with Crippen LogP contribution in [0.15, 0.2) is 12.1 Å². The third-order valence-electron chi connectivity index (χ3n) is 1.77. The maximum atomic E-state index is 10.9. The maximum Gasteiger partial charge on any atom is 0.330 e. The predicted octanol–water partition coefficient (Wildman–Crippen LogP) is 1.07. The topological polar surface area (TPSA) is 70.5 Å². The molecule has 0 N–H and O–H groups in total. The van der Waals surface area contributed by atoms with Gasteiger partial charge in [0.1, 0.15) is 0 Å². The quantitative estimate of drug-likeness (QED) is 0.564. The summed E-state index contributed by atoms with van der Waals surface area (Å²) in [6.07, 6.45) is 2.65. The van der Waals surface area contributed by atoms with E-state index >= 15 is 0 Å². The van der Waals surface area contributed by atoms with E-state index < -0.39 is 5.97 Å². The summed E-state index contributed by atoms with van der Waals surface area (Å²) in [6.45, 7) is 2.33. The van der Waals surface area contributed by atoms with Crippen molar-refractivity contribution in [2.75, 3.05) is 20.8 Å². The molecule has 92 valence electrons. The first-order valence-corrected chi connectivity index (χ1v) is 5.01. The third-order valence-corrected chi connectivity index (χ3v) is 1.77. The number of carbonyl (C=O) groups excluding carboxylic acids is 1. The number of hydrogen-bond donors (Lipinski definition) is 0. The smallest absolute Gasteiger partial charge is 0.330 e. The summed E-state index contributed by atoms with van der Waals surface area (Å²) in [7, 11) is 2.79. The van der Waals surface area contributed by atoms with E-state index in [0.29, 0.717) is 24.2 Å². The number of nitrogens with zero attached hydrogens (tertiary/aromatic N) is 2. The number of aromatic nitrogens is 2. The van der Waals surface area contributed by atoms with Gasteiger partial charge in [-0.2, -0.15) is 9.97 Å². The lowest BCUT2D eigenvalue weighted by Crippen LogP contribution is -2.00. The van der Waals surface area contributed by atoms with Gasteiger partial charge in [-0.05, 0) is 13.0 Å². The van der Waals surface area contributed by atoms with Crippen LogP contribution in [0.3, 0.4) is 0 Å². The number of rotatable bonds is 5. The molecule has 0 aliphatic rings. The Balaban J connectivity index is 2.94. The fourth-order valence-electron chi connectivity index (χ4n) is 1.03. The van der Waals surface area contributed by atoms with E-state index in [1.165, 1.54) is 26.4 Å². The maximum absolute atomic E-state index is 10.9. The van der Waals surface area contributed by atoms with Crippen LogP contribution in [0.25, 0.3) is 6.08 Å². The van der Waals surface area contributed by atoms with Crippen LogP contribution in [0.5, 0.6) is 11.8 Å². The first kappa shape index (κ1) is 13.0. The van der Waals surface area contributed by atoms with E-state index in [2.05, 4.69) is 14.7 Å². The molecule has 1 rings (SSSR count). The van der Waals surface area contributed by atoms with Crippen LogP contribution in [0, 0.1) is 0 Å². The van der Waals surface area contributed by atoms with E-state index in [4.69, 9.17) is 9.47 Å². The van der Waals surface area contributed by atoms with Gasteiger partial charge in [0.25, 0.3) is 0 Å². The first-order valence-electron chi connectivity index (χ1n) is 5.01. The number of ether oxygens (including phenoxy) is 3. The molecule has 6 heteroatoms. The Bertz CT molecular complexity index is 418. The summed E-state index contributed by atoms with van der Waals surface area (Å²) in [4.78, 5) is 19.0. The Labute approximate surface area is 99.2 Å². The molecule has 17 heavy (non-hydrogen) atoms. The monoisotopic (exact) mass is 238 g/mol. The Hall–Kier alpha value is -2.11. The Kier molecular flexibility index (Phi) is 4.93. The van der Waals surface area contributed by atoms with Crippen LogP contribution >= 0.6 is 0 Å². The summed E-state index contributed by atoms with van der Waals surface area (Å²) in [5.74, 6) is 0.601. The second-order valence-electron chi connectivity index (χ2n) is 2.90. The van der Waals surface area contributed by atoms with Crippen LogP contribution in [0.1, 0.15) is 12.7 Å². The van der Waals surface area contributed by atoms with Gasteiger partial charge in [0.2, 0.25) is 11.8 Å². The Morgan fingerprint density at radius 2 is 2.06 bits per heavy atom. The van der Waals surface area contributed by atoms with Crippen LogP contribution < -0.4 is 9.47 Å². The lowest BCUT2D eigenvalue weighted by Gasteiger charge is -2.05. The van der Waals surface area contributed by atoms with E-state index in [-0.39, 0.29) is 0 Å². The molecule has 0 spiro atoms. The summed E-state index contributed by atoms with van der Waals surface area (Å²) in [5, 5.41) is 0. The van der Waals surface area contributed by atoms with E-state index in [9.17, 15) is 4.79 Å². The van der Waals surface area contributed by atoms with E-state index in [1.807, 2.05) is 6.92 Å². The van der Waals surface area contributed by atoms with Gasteiger partial charge in [0.15, 0.2) is 5.82 Å². The highest BCUT2D eigenvalue weighted by atomic mass is 16.5. The Morgan fingerprint density at radius 3 is 2.65 bits per heavy atom. The molecule has 0 aromatic carbocycles. The minimum Gasteiger partial charge on any atom is -0.481 e. The van der Waals surface area contributed by atoms with Crippen LogP contribution in [-0.2, 0) is 9.53 Å². The average molecular weight is 238 g/mol. The largest absolute Gasteiger partial charge is 0.481 e. The van der Waals surface area contributed by atoms with Crippen molar-refractivity contribution in [3.8, 4) is 11.8 Å². The van der Waals surface area contributed by atoms with Crippen molar-refractivity contribution in [3.63, 3.8) is 0 Å². The zero-order valence-corrected chi connectivity index (χ0v) is 9.97. The SMILES string of the molecule is CCOc1cc(OC)nc(/C=C/C(=O)OC)n1. The fraction of sp³-hybridized carbons (Fsp3) is 0.364. The molecule has 0 saturated heterocycles. The van der Waals surface area contributed by atoms with Gasteiger partial charge in [0, 0.05) is 6.08 Å². The highest BCUT2D eigenvalue weighted by Crippen LogP contribution is 2.15. The van der Waals surface area contributed by atoms with Crippen molar-refractivity contribution in [3.05, 3.63) is 18.0 Å². The minimum absolute atomic E-state index is 0.318. The lowest BCUT2D eigenvalue weighted by molar-refractivity contribution is -0.134. The Morgan fingerprint density at radius 1 is 1.35 bits per heavy atom. The molecular formula is C11H14N2O4. The van der Waals surface area contributed by atoms with Crippen molar-refractivity contribution < 1.29 is 19.0 Å². The van der Waals surface area contributed by atoms with Crippen molar-refractivity contribution in [1.82, 2.24) is 9.97 Å². The molecule has 0 atom stereocenters. The minimum atomic E-state index is -0.477. The molecule has 1 aromatic heterocycles. The first-order chi connectivity index (χ1) is 8.19. The molecule has 0 radical (unpaired) electrons. The van der Waals surface area contributed by atoms with Gasteiger partial charge in [0.05, 0.1) is 26.9 Å². The molecule has 0 aliphatic heterocycles. The van der Waals surface area contributed by atoms with E-state index in [1.54, 1.807) is 6.07 Å². The van der Waals surface area contributed by atoms with Gasteiger partial charge in [-0.25, -0.2) is 4.79 Å². The van der Waals surface area contributed by atoms with Gasteiger partial charge in [-0.1, -0.05) is 0 Å². The van der Waals surface area contributed by atoms with Crippen molar-refractivity contribution in [1.29, 1.82) is 0 Å². The van der Waals surface area contributed by atoms with Gasteiger partial charge in [-0.3, -0.25) is 0 Å². The highest BCUT2D eigenvalue weighted by molar-refractivity contribution is 5.86. The zero-order chi connectivity index (χ0) is 12.7. The molecule has 0 fully saturated rings. The molecule has 0 saturated carbocycles. The van der Waals surface area contributed by atoms with Crippen LogP contribution in [0.2, 0.25) is 0 Å².